The Kier molecular flexibility index (Phi) is 3.92. The van der Waals surface area contributed by atoms with E-state index in [2.05, 4.69) is 0 Å². The number of aryl methyl sites for hydroxylation is 1. The highest BCUT2D eigenvalue weighted by atomic mass is 32.2. The summed E-state index contributed by atoms with van der Waals surface area (Å²) in [4.78, 5) is 11.3. The van der Waals surface area contributed by atoms with Crippen LogP contribution in [-0.2, 0) is 21.4 Å². The van der Waals surface area contributed by atoms with Crippen LogP contribution in [0.1, 0.15) is 16.7 Å². The number of hydrogen-bond acceptors (Lipinski definition) is 4. The third-order valence-electron chi connectivity index (χ3n) is 3.77. The molecule has 1 fully saturated rings. The van der Waals surface area contributed by atoms with Gasteiger partial charge in [-0.25, -0.2) is 13.4 Å². The number of hydrogen-bond donors (Lipinski definition) is 2. The van der Waals surface area contributed by atoms with E-state index in [1.54, 1.807) is 25.1 Å². The molecule has 0 bridgehead atoms. The van der Waals surface area contributed by atoms with Crippen molar-refractivity contribution < 1.29 is 22.7 Å². The maximum atomic E-state index is 13.6. The van der Waals surface area contributed by atoms with Crippen molar-refractivity contribution in [1.29, 1.82) is 0 Å². The molecule has 1 aliphatic heterocycles. The first-order valence-electron chi connectivity index (χ1n) is 7.16. The fourth-order valence-corrected chi connectivity index (χ4v) is 3.70. The lowest BCUT2D eigenvalue weighted by Crippen LogP contribution is -2.29. The number of phenolic OH excluding ortho intramolecular Hbond substituents is 1. The van der Waals surface area contributed by atoms with Crippen molar-refractivity contribution in [3.8, 4) is 5.75 Å². The molecule has 8 heteroatoms. The van der Waals surface area contributed by atoms with Gasteiger partial charge in [0.2, 0.25) is 0 Å². The van der Waals surface area contributed by atoms with Crippen LogP contribution < -0.4 is 9.03 Å². The van der Waals surface area contributed by atoms with Crippen molar-refractivity contribution in [1.82, 2.24) is 4.72 Å². The molecule has 2 aromatic rings. The second-order valence-corrected chi connectivity index (χ2v) is 7.22. The second kappa shape index (κ2) is 5.79. The summed E-state index contributed by atoms with van der Waals surface area (Å²) in [6.45, 7) is 1.30. The highest BCUT2D eigenvalue weighted by Crippen LogP contribution is 2.32. The van der Waals surface area contributed by atoms with Crippen molar-refractivity contribution in [2.45, 2.75) is 13.3 Å². The summed E-state index contributed by atoms with van der Waals surface area (Å²) in [5.41, 5.74) is 1.99. The van der Waals surface area contributed by atoms with Gasteiger partial charge >= 0.3 is 10.2 Å². The predicted octanol–water partition coefficient (Wildman–Crippen LogP) is 1.61. The van der Waals surface area contributed by atoms with Gasteiger partial charge in [0.25, 0.3) is 5.91 Å². The van der Waals surface area contributed by atoms with Gasteiger partial charge in [-0.3, -0.25) is 4.79 Å². The lowest BCUT2D eigenvalue weighted by molar-refractivity contribution is -0.117. The third-order valence-corrected chi connectivity index (χ3v) is 5.16. The molecule has 0 atom stereocenters. The number of phenols is 1. The van der Waals surface area contributed by atoms with Crippen LogP contribution in [0, 0.1) is 12.7 Å². The molecule has 1 amide bonds. The molecule has 6 nitrogen and oxygen atoms in total. The zero-order chi connectivity index (χ0) is 17.5. The van der Waals surface area contributed by atoms with Crippen LogP contribution >= 0.6 is 0 Å². The Bertz CT molecular complexity index is 928. The van der Waals surface area contributed by atoms with Crippen LogP contribution in [0.4, 0.5) is 10.1 Å². The van der Waals surface area contributed by atoms with E-state index in [9.17, 15) is 22.7 Å². The first-order valence-corrected chi connectivity index (χ1v) is 8.60. The van der Waals surface area contributed by atoms with Gasteiger partial charge in [-0.05, 0) is 48.2 Å². The van der Waals surface area contributed by atoms with Crippen LogP contribution in [0.2, 0.25) is 0 Å². The van der Waals surface area contributed by atoms with E-state index < -0.39 is 16.1 Å². The fourth-order valence-electron chi connectivity index (χ4n) is 2.53. The summed E-state index contributed by atoms with van der Waals surface area (Å²) < 4.78 is 39.9. The Balaban J connectivity index is 1.87. The number of amides is 1. The number of carbonyl (C=O) groups is 1. The van der Waals surface area contributed by atoms with Crippen LogP contribution in [0.5, 0.6) is 5.75 Å². The quantitative estimate of drug-likeness (QED) is 0.881. The number of rotatable bonds is 3. The summed E-state index contributed by atoms with van der Waals surface area (Å²) in [6.07, 6.45) is 0.384. The highest BCUT2D eigenvalue weighted by molar-refractivity contribution is 7.92. The third kappa shape index (κ3) is 3.05. The van der Waals surface area contributed by atoms with E-state index in [-0.39, 0.29) is 23.8 Å². The molecular formula is C16H15FN2O4S. The number of nitrogens with one attached hydrogen (secondary N) is 1. The van der Waals surface area contributed by atoms with Gasteiger partial charge in [-0.15, -0.1) is 0 Å². The standard InChI is InChI=1S/C16H15FN2O4S/c1-10-2-3-11(7-13(10)17)6-12-4-5-14(15(20)8-12)19-9-16(21)18-24(19,22)23/h2-5,7-8,20H,6,9H2,1H3,(H,18,21). The van der Waals surface area contributed by atoms with E-state index in [4.69, 9.17) is 0 Å². The minimum atomic E-state index is -3.97. The first kappa shape index (κ1) is 16.3. The molecule has 126 valence electrons. The van der Waals surface area contributed by atoms with Gasteiger partial charge in [-0.2, -0.15) is 8.42 Å². The largest absolute Gasteiger partial charge is 0.506 e. The molecule has 0 saturated carbocycles. The van der Waals surface area contributed by atoms with Gasteiger partial charge in [0.1, 0.15) is 18.1 Å². The van der Waals surface area contributed by atoms with Crippen molar-refractivity contribution in [2.24, 2.45) is 0 Å². The zero-order valence-corrected chi connectivity index (χ0v) is 13.6. The number of anilines is 1. The summed E-state index contributed by atoms with van der Waals surface area (Å²) in [7, 11) is -3.97. The van der Waals surface area contributed by atoms with Crippen molar-refractivity contribution in [3.05, 3.63) is 58.9 Å². The van der Waals surface area contributed by atoms with Crippen LogP contribution in [0.15, 0.2) is 36.4 Å². The normalized spacial score (nSPS) is 16.2. The van der Waals surface area contributed by atoms with Gasteiger partial charge in [-0.1, -0.05) is 18.2 Å². The number of halogens is 1. The zero-order valence-electron chi connectivity index (χ0n) is 12.8. The molecule has 0 aliphatic carbocycles. The smallest absolute Gasteiger partial charge is 0.326 e. The van der Waals surface area contributed by atoms with Gasteiger partial charge < -0.3 is 5.11 Å². The SMILES string of the molecule is Cc1ccc(Cc2ccc(N3CC(=O)NS3(=O)=O)c(O)c2)cc1F. The van der Waals surface area contributed by atoms with E-state index >= 15 is 0 Å². The van der Waals surface area contributed by atoms with Crippen LogP contribution in [-0.4, -0.2) is 26.0 Å². The number of carbonyl (C=O) groups excluding carboxylic acids is 1. The molecule has 1 aliphatic rings. The van der Waals surface area contributed by atoms with Crippen LogP contribution in [0.3, 0.4) is 0 Å². The summed E-state index contributed by atoms with van der Waals surface area (Å²) in [6, 6.07) is 9.35. The highest BCUT2D eigenvalue weighted by Gasteiger charge is 2.35. The van der Waals surface area contributed by atoms with Crippen LogP contribution in [0.25, 0.3) is 0 Å². The summed E-state index contributed by atoms with van der Waals surface area (Å²) in [5, 5.41) is 10.1. The Labute approximate surface area is 138 Å². The molecular weight excluding hydrogens is 335 g/mol. The molecule has 3 rings (SSSR count). The van der Waals surface area contributed by atoms with Crippen molar-refractivity contribution in [3.63, 3.8) is 0 Å². The maximum Gasteiger partial charge on any atom is 0.326 e. The number of aromatic hydroxyl groups is 1. The maximum absolute atomic E-state index is 13.6. The molecule has 0 unspecified atom stereocenters. The Morgan fingerprint density at radius 2 is 1.88 bits per heavy atom. The number of benzene rings is 2. The molecule has 2 aromatic carbocycles. The molecule has 2 N–H and O–H groups in total. The summed E-state index contributed by atoms with van der Waals surface area (Å²) in [5.74, 6) is -1.23. The lowest BCUT2D eigenvalue weighted by atomic mass is 10.0. The molecule has 0 aromatic heterocycles. The van der Waals surface area contributed by atoms with Gasteiger partial charge in [0.05, 0.1) is 5.69 Å². The molecule has 24 heavy (non-hydrogen) atoms. The average Bonchev–Trinajstić information content (AvgIpc) is 2.76. The molecule has 0 radical (unpaired) electrons. The Morgan fingerprint density at radius 3 is 2.46 bits per heavy atom. The predicted molar refractivity (Wildman–Crippen MR) is 86.5 cm³/mol. The van der Waals surface area contributed by atoms with Crippen molar-refractivity contribution >= 4 is 21.8 Å². The second-order valence-electron chi connectivity index (χ2n) is 5.62. The number of nitrogens with zero attached hydrogens (tertiary/aromatic N) is 1. The van der Waals surface area contributed by atoms with Gasteiger partial charge in [0.15, 0.2) is 0 Å². The topological polar surface area (TPSA) is 86.7 Å². The molecule has 0 spiro atoms. The molecule has 1 heterocycles. The lowest BCUT2D eigenvalue weighted by Gasteiger charge is -2.16. The minimum Gasteiger partial charge on any atom is -0.506 e. The van der Waals surface area contributed by atoms with E-state index in [0.717, 1.165) is 9.87 Å². The fraction of sp³-hybridized carbons (Fsp3) is 0.188. The van der Waals surface area contributed by atoms with E-state index in [0.29, 0.717) is 17.5 Å². The van der Waals surface area contributed by atoms with E-state index in [1.807, 2.05) is 4.72 Å². The van der Waals surface area contributed by atoms with E-state index in [1.165, 1.54) is 18.2 Å². The minimum absolute atomic E-state index is 0.0205. The summed E-state index contributed by atoms with van der Waals surface area (Å²) >= 11 is 0. The Hall–Kier alpha value is -2.61. The van der Waals surface area contributed by atoms with Crippen molar-refractivity contribution in [2.75, 3.05) is 10.8 Å². The first-order chi connectivity index (χ1) is 11.3. The average molecular weight is 350 g/mol. The molecule has 1 saturated heterocycles. The monoisotopic (exact) mass is 350 g/mol. The van der Waals surface area contributed by atoms with Gasteiger partial charge in [0, 0.05) is 0 Å². The Morgan fingerprint density at radius 1 is 1.21 bits per heavy atom.